The molecule has 1 aromatic rings. The summed E-state index contributed by atoms with van der Waals surface area (Å²) in [6, 6.07) is 0. The molecule has 0 aliphatic carbocycles. The molecule has 0 spiro atoms. The van der Waals surface area contributed by atoms with Crippen LogP contribution < -0.4 is 10.4 Å². The van der Waals surface area contributed by atoms with E-state index in [1.54, 1.807) is 0 Å². The molecule has 0 unspecified atom stereocenters. The highest BCUT2D eigenvalue weighted by molar-refractivity contribution is 6.58. The highest BCUT2D eigenvalue weighted by Crippen LogP contribution is 2.07. The monoisotopic (exact) mass is 222 g/mol. The van der Waals surface area contributed by atoms with Crippen LogP contribution in [0.3, 0.4) is 0 Å². The van der Waals surface area contributed by atoms with Gasteiger partial charge in [-0.1, -0.05) is 0 Å². The normalized spacial score (nSPS) is 17.6. The van der Waals surface area contributed by atoms with Gasteiger partial charge in [-0.15, -0.1) is 0 Å². The molecule has 2 N–H and O–H groups in total. The zero-order valence-electron chi connectivity index (χ0n) is 9.24. The van der Waals surface area contributed by atoms with E-state index < -0.39 is 7.12 Å². The Kier molecular flexibility index (Phi) is 3.38. The second-order valence-electron chi connectivity index (χ2n) is 3.98. The number of hydrogen-bond donors (Lipinski definition) is 2. The molecule has 1 aromatic heterocycles. The van der Waals surface area contributed by atoms with Crippen molar-refractivity contribution in [1.29, 1.82) is 0 Å². The number of anilines is 1. The van der Waals surface area contributed by atoms with Gasteiger partial charge in [0.25, 0.3) is 0 Å². The van der Waals surface area contributed by atoms with Gasteiger partial charge in [-0.25, -0.2) is 9.97 Å². The van der Waals surface area contributed by atoms with Gasteiger partial charge in [0, 0.05) is 44.0 Å². The van der Waals surface area contributed by atoms with Crippen molar-refractivity contribution in [3.63, 3.8) is 0 Å². The van der Waals surface area contributed by atoms with Crippen LogP contribution in [0.1, 0.15) is 0 Å². The van der Waals surface area contributed by atoms with Crippen LogP contribution in [0.25, 0.3) is 0 Å². The van der Waals surface area contributed by atoms with Gasteiger partial charge in [0.2, 0.25) is 5.95 Å². The minimum absolute atomic E-state index is 0.317. The van der Waals surface area contributed by atoms with Crippen LogP contribution in [0.5, 0.6) is 0 Å². The third-order valence-electron chi connectivity index (χ3n) is 2.74. The van der Waals surface area contributed by atoms with Crippen LogP contribution in [-0.4, -0.2) is 65.3 Å². The standard InChI is InChI=1S/C9H15BN4O2/c1-13-2-4-14(5-3-13)9-11-6-8(7-12-9)10(15)16/h6-7,15-16H,2-5H2,1H3. The second kappa shape index (κ2) is 4.77. The number of hydrogen-bond acceptors (Lipinski definition) is 6. The van der Waals surface area contributed by atoms with E-state index in [1.807, 2.05) is 0 Å². The number of aromatic nitrogens is 2. The minimum atomic E-state index is -1.50. The summed E-state index contributed by atoms with van der Waals surface area (Å²) in [4.78, 5) is 12.6. The van der Waals surface area contributed by atoms with Gasteiger partial charge in [-0.05, 0) is 7.05 Å². The quantitative estimate of drug-likeness (QED) is 0.559. The fourth-order valence-corrected chi connectivity index (χ4v) is 1.63. The van der Waals surface area contributed by atoms with Gasteiger partial charge >= 0.3 is 7.12 Å². The van der Waals surface area contributed by atoms with Gasteiger partial charge in [0.1, 0.15) is 0 Å². The fraction of sp³-hybridized carbons (Fsp3) is 0.556. The topological polar surface area (TPSA) is 72.7 Å². The van der Waals surface area contributed by atoms with E-state index in [-0.39, 0.29) is 0 Å². The minimum Gasteiger partial charge on any atom is -0.423 e. The Labute approximate surface area is 94.7 Å². The van der Waals surface area contributed by atoms with Crippen molar-refractivity contribution in [3.05, 3.63) is 12.4 Å². The Morgan fingerprint density at radius 3 is 2.19 bits per heavy atom. The average molecular weight is 222 g/mol. The predicted octanol–water partition coefficient (Wildman–Crippen LogP) is -2.09. The number of rotatable bonds is 2. The zero-order valence-corrected chi connectivity index (χ0v) is 9.24. The molecule has 1 saturated heterocycles. The lowest BCUT2D eigenvalue weighted by Gasteiger charge is -2.32. The molecular weight excluding hydrogens is 207 g/mol. The smallest absolute Gasteiger partial charge is 0.423 e. The summed E-state index contributed by atoms with van der Waals surface area (Å²) < 4.78 is 0. The Bertz CT molecular complexity index is 338. The second-order valence-corrected chi connectivity index (χ2v) is 3.98. The molecule has 0 atom stereocenters. The molecule has 2 rings (SSSR count). The van der Waals surface area contributed by atoms with Crippen LogP contribution >= 0.6 is 0 Å². The summed E-state index contributed by atoms with van der Waals surface area (Å²) in [5, 5.41) is 17.8. The first-order valence-electron chi connectivity index (χ1n) is 5.28. The van der Waals surface area contributed by atoms with Crippen molar-refractivity contribution in [2.75, 3.05) is 38.1 Å². The molecule has 0 aromatic carbocycles. The van der Waals surface area contributed by atoms with Crippen LogP contribution in [0.2, 0.25) is 0 Å². The van der Waals surface area contributed by atoms with Crippen LogP contribution in [0.15, 0.2) is 12.4 Å². The first-order valence-corrected chi connectivity index (χ1v) is 5.28. The molecule has 0 amide bonds. The third-order valence-corrected chi connectivity index (χ3v) is 2.74. The zero-order chi connectivity index (χ0) is 11.5. The highest BCUT2D eigenvalue weighted by Gasteiger charge is 2.17. The van der Waals surface area contributed by atoms with E-state index >= 15 is 0 Å². The fourth-order valence-electron chi connectivity index (χ4n) is 1.63. The summed E-state index contributed by atoms with van der Waals surface area (Å²) in [6.07, 6.45) is 2.90. The largest absolute Gasteiger partial charge is 0.491 e. The van der Waals surface area contributed by atoms with Crippen molar-refractivity contribution >= 4 is 18.5 Å². The van der Waals surface area contributed by atoms with E-state index in [1.165, 1.54) is 12.4 Å². The molecule has 7 heteroatoms. The Hall–Kier alpha value is -1.18. The molecule has 0 saturated carbocycles. The van der Waals surface area contributed by atoms with Gasteiger partial charge in [-0.2, -0.15) is 0 Å². The van der Waals surface area contributed by atoms with E-state index in [4.69, 9.17) is 10.0 Å². The summed E-state index contributed by atoms with van der Waals surface area (Å²) in [6.45, 7) is 3.79. The van der Waals surface area contributed by atoms with Gasteiger partial charge in [0.15, 0.2) is 0 Å². The predicted molar refractivity (Wildman–Crippen MR) is 61.6 cm³/mol. The summed E-state index contributed by atoms with van der Waals surface area (Å²) in [5.74, 6) is 0.650. The maximum absolute atomic E-state index is 8.91. The van der Waals surface area contributed by atoms with Gasteiger partial charge < -0.3 is 19.8 Å². The maximum atomic E-state index is 8.91. The van der Waals surface area contributed by atoms with Crippen LogP contribution in [0.4, 0.5) is 5.95 Å². The summed E-state index contributed by atoms with van der Waals surface area (Å²) in [5.41, 5.74) is 0.317. The molecule has 1 aliphatic rings. The first kappa shape index (κ1) is 11.3. The molecule has 86 valence electrons. The van der Waals surface area contributed by atoms with Crippen molar-refractivity contribution in [1.82, 2.24) is 14.9 Å². The lowest BCUT2D eigenvalue weighted by Crippen LogP contribution is -2.45. The van der Waals surface area contributed by atoms with Crippen LogP contribution in [0, 0.1) is 0 Å². The molecule has 2 heterocycles. The average Bonchev–Trinajstić information content (AvgIpc) is 2.30. The molecule has 0 radical (unpaired) electrons. The Balaban J connectivity index is 2.04. The van der Waals surface area contributed by atoms with Crippen molar-refractivity contribution in [2.24, 2.45) is 0 Å². The van der Waals surface area contributed by atoms with E-state index in [9.17, 15) is 0 Å². The van der Waals surface area contributed by atoms with Crippen molar-refractivity contribution in [3.8, 4) is 0 Å². The maximum Gasteiger partial charge on any atom is 0.491 e. The molecule has 16 heavy (non-hydrogen) atoms. The summed E-state index contributed by atoms with van der Waals surface area (Å²) in [7, 11) is 0.588. The van der Waals surface area contributed by atoms with Crippen molar-refractivity contribution < 1.29 is 10.0 Å². The molecular formula is C9H15BN4O2. The Morgan fingerprint density at radius 2 is 1.69 bits per heavy atom. The third kappa shape index (κ3) is 2.49. The van der Waals surface area contributed by atoms with E-state index in [0.717, 1.165) is 26.2 Å². The SMILES string of the molecule is CN1CCN(c2ncc(B(O)O)cn2)CC1. The lowest BCUT2D eigenvalue weighted by molar-refractivity contribution is 0.311. The number of nitrogens with zero attached hydrogens (tertiary/aromatic N) is 4. The van der Waals surface area contributed by atoms with Gasteiger partial charge in [-0.3, -0.25) is 0 Å². The van der Waals surface area contributed by atoms with Crippen molar-refractivity contribution in [2.45, 2.75) is 0 Å². The molecule has 6 nitrogen and oxygen atoms in total. The first-order chi connectivity index (χ1) is 7.66. The molecule has 0 bridgehead atoms. The Morgan fingerprint density at radius 1 is 1.12 bits per heavy atom. The molecule has 1 fully saturated rings. The number of piperazine rings is 1. The van der Waals surface area contributed by atoms with E-state index in [2.05, 4.69) is 26.8 Å². The summed E-state index contributed by atoms with van der Waals surface area (Å²) >= 11 is 0. The molecule has 1 aliphatic heterocycles. The van der Waals surface area contributed by atoms with Crippen LogP contribution in [-0.2, 0) is 0 Å². The lowest BCUT2D eigenvalue weighted by atomic mass is 9.83. The van der Waals surface area contributed by atoms with E-state index in [0.29, 0.717) is 11.4 Å². The van der Waals surface area contributed by atoms with Gasteiger partial charge in [0.05, 0.1) is 0 Å². The number of likely N-dealkylation sites (N-methyl/N-ethyl adjacent to an activating group) is 1. The highest BCUT2D eigenvalue weighted by atomic mass is 16.4.